The minimum atomic E-state index is -0.368. The Labute approximate surface area is 454 Å². The first kappa shape index (κ1) is 43.9. The Morgan fingerprint density at radius 2 is 0.696 bits per heavy atom. The summed E-state index contributed by atoms with van der Waals surface area (Å²) in [5.41, 5.74) is 16.2. The fourth-order valence-electron chi connectivity index (χ4n) is 13.2. The van der Waals surface area contributed by atoms with Gasteiger partial charge in [0.05, 0.1) is 11.4 Å². The summed E-state index contributed by atoms with van der Waals surface area (Å²) < 4.78 is 12.5. The maximum Gasteiger partial charge on any atom is 0.227 e. The third kappa shape index (κ3) is 6.52. The van der Waals surface area contributed by atoms with Gasteiger partial charge in [-0.05, 0) is 185 Å². The molecule has 0 aliphatic heterocycles. The summed E-state index contributed by atoms with van der Waals surface area (Å²) in [6.45, 7) is 4.77. The third-order valence-electron chi connectivity index (χ3n) is 17.0. The van der Waals surface area contributed by atoms with Crippen molar-refractivity contribution >= 4 is 121 Å². The highest BCUT2D eigenvalue weighted by molar-refractivity contribution is 6.27. The van der Waals surface area contributed by atoms with Crippen LogP contribution in [0.2, 0.25) is 0 Å². The molecule has 0 N–H and O–H groups in total. The molecule has 2 aromatic heterocycles. The van der Waals surface area contributed by atoms with Gasteiger partial charge in [-0.1, -0.05) is 147 Å². The molecule has 1 aliphatic carbocycles. The van der Waals surface area contributed by atoms with E-state index < -0.39 is 0 Å². The van der Waals surface area contributed by atoms with Gasteiger partial charge in [-0.25, -0.2) is 9.97 Å². The molecular weight excluding hydrogens is 965 g/mol. The molecule has 370 valence electrons. The zero-order valence-corrected chi connectivity index (χ0v) is 43.2. The largest absolute Gasteiger partial charge is 0.436 e. The van der Waals surface area contributed by atoms with Crippen molar-refractivity contribution in [2.45, 2.75) is 19.3 Å². The van der Waals surface area contributed by atoms with Crippen molar-refractivity contribution < 1.29 is 8.83 Å². The van der Waals surface area contributed by atoms with Crippen LogP contribution in [0.25, 0.3) is 121 Å². The molecule has 0 atom stereocenters. The summed E-state index contributed by atoms with van der Waals surface area (Å²) in [7, 11) is 0. The van der Waals surface area contributed by atoms with Gasteiger partial charge in [-0.2, -0.15) is 0 Å². The number of para-hydroxylation sites is 4. The number of anilines is 6. The monoisotopic (exact) mass is 1010 g/mol. The molecule has 0 unspecified atom stereocenters. The lowest BCUT2D eigenvalue weighted by Gasteiger charge is -2.30. The second-order valence-corrected chi connectivity index (χ2v) is 21.7. The van der Waals surface area contributed by atoms with E-state index in [2.05, 4.69) is 218 Å². The molecule has 2 heterocycles. The molecule has 0 radical (unpaired) electrons. The molecule has 79 heavy (non-hydrogen) atoms. The third-order valence-corrected chi connectivity index (χ3v) is 17.0. The maximum atomic E-state index is 6.26. The van der Waals surface area contributed by atoms with Gasteiger partial charge in [0.15, 0.2) is 11.2 Å². The molecular formula is C73H46N4O2. The number of benzene rings is 14. The number of aromatic nitrogens is 2. The Balaban J connectivity index is 0.814. The van der Waals surface area contributed by atoms with Crippen LogP contribution in [-0.2, 0) is 5.41 Å². The van der Waals surface area contributed by atoms with E-state index in [1.807, 2.05) is 48.5 Å². The summed E-state index contributed by atoms with van der Waals surface area (Å²) in [5.74, 6) is 1.21. The number of hydrogen-bond acceptors (Lipinski definition) is 6. The Morgan fingerprint density at radius 3 is 1.11 bits per heavy atom. The average molecular weight is 1010 g/mol. The normalized spacial score (nSPS) is 13.0. The zero-order chi connectivity index (χ0) is 52.1. The second-order valence-electron chi connectivity index (χ2n) is 21.7. The molecule has 0 amide bonds. The summed E-state index contributed by atoms with van der Waals surface area (Å²) in [6.07, 6.45) is 0. The van der Waals surface area contributed by atoms with Crippen LogP contribution < -0.4 is 9.80 Å². The molecule has 1 aliphatic rings. The Hall–Kier alpha value is -10.3. The van der Waals surface area contributed by atoms with Gasteiger partial charge in [0, 0.05) is 50.1 Å². The first-order valence-electron chi connectivity index (χ1n) is 27.0. The molecule has 14 aromatic carbocycles. The van der Waals surface area contributed by atoms with Gasteiger partial charge in [0.2, 0.25) is 11.8 Å². The van der Waals surface area contributed by atoms with Crippen LogP contribution in [-0.4, -0.2) is 9.97 Å². The number of nitrogens with zero attached hydrogens (tertiary/aromatic N) is 4. The number of rotatable bonds is 8. The lowest BCUT2D eigenvalue weighted by molar-refractivity contribution is 0.619. The van der Waals surface area contributed by atoms with Crippen LogP contribution >= 0.6 is 0 Å². The molecule has 6 nitrogen and oxygen atoms in total. The van der Waals surface area contributed by atoms with Gasteiger partial charge in [-0.3, -0.25) is 0 Å². The van der Waals surface area contributed by atoms with Crippen LogP contribution in [0.5, 0.6) is 0 Å². The van der Waals surface area contributed by atoms with Crippen molar-refractivity contribution in [3.05, 3.63) is 254 Å². The van der Waals surface area contributed by atoms with E-state index in [1.165, 1.54) is 86.9 Å². The van der Waals surface area contributed by atoms with Crippen LogP contribution in [0.1, 0.15) is 25.0 Å². The summed E-state index contributed by atoms with van der Waals surface area (Å²) in [4.78, 5) is 14.6. The predicted molar refractivity (Wildman–Crippen MR) is 327 cm³/mol. The Morgan fingerprint density at radius 1 is 0.329 bits per heavy atom. The lowest BCUT2D eigenvalue weighted by atomic mass is 9.82. The summed E-state index contributed by atoms with van der Waals surface area (Å²) >= 11 is 0. The van der Waals surface area contributed by atoms with E-state index in [9.17, 15) is 0 Å². The van der Waals surface area contributed by atoms with Gasteiger partial charge < -0.3 is 18.6 Å². The van der Waals surface area contributed by atoms with E-state index in [4.69, 9.17) is 18.8 Å². The smallest absolute Gasteiger partial charge is 0.227 e. The first-order chi connectivity index (χ1) is 38.9. The molecule has 0 saturated heterocycles. The van der Waals surface area contributed by atoms with Crippen molar-refractivity contribution in [1.82, 2.24) is 9.97 Å². The van der Waals surface area contributed by atoms with Crippen LogP contribution in [0.15, 0.2) is 251 Å². The van der Waals surface area contributed by atoms with Crippen molar-refractivity contribution in [3.63, 3.8) is 0 Å². The number of hydrogen-bond donors (Lipinski definition) is 0. The van der Waals surface area contributed by atoms with Crippen molar-refractivity contribution in [3.8, 4) is 34.0 Å². The highest BCUT2D eigenvalue weighted by Gasteiger charge is 2.37. The highest BCUT2D eigenvalue weighted by atomic mass is 16.4. The van der Waals surface area contributed by atoms with E-state index in [0.29, 0.717) is 11.8 Å². The van der Waals surface area contributed by atoms with Crippen molar-refractivity contribution in [2.75, 3.05) is 9.80 Å². The molecule has 0 bridgehead atoms. The van der Waals surface area contributed by atoms with Crippen molar-refractivity contribution in [2.24, 2.45) is 0 Å². The SMILES string of the molecule is CC1(C)c2cc(N(c3ccc(-c4nc5ccccc5o4)cc3)c3ccc4ccc5cccc6ccc3c4c56)ccc2-c2ccc(N(c3ccc(-c4nc5ccccc5o4)cc3)c3ccc4ccc5cccc6ccc3c4c56)cc21. The lowest BCUT2D eigenvalue weighted by Crippen LogP contribution is -2.18. The topological polar surface area (TPSA) is 58.5 Å². The molecule has 0 saturated carbocycles. The van der Waals surface area contributed by atoms with Gasteiger partial charge >= 0.3 is 0 Å². The molecule has 0 fully saturated rings. The molecule has 17 rings (SSSR count). The minimum absolute atomic E-state index is 0.368. The van der Waals surface area contributed by atoms with Crippen LogP contribution in [0, 0.1) is 0 Å². The number of fused-ring (bicyclic) bond motifs is 5. The summed E-state index contributed by atoms with van der Waals surface area (Å²) in [6, 6.07) is 88.0. The van der Waals surface area contributed by atoms with Crippen LogP contribution in [0.4, 0.5) is 34.1 Å². The fraction of sp³-hybridized carbons (Fsp3) is 0.0411. The minimum Gasteiger partial charge on any atom is -0.436 e. The number of oxazole rings is 2. The van der Waals surface area contributed by atoms with E-state index in [0.717, 1.165) is 67.5 Å². The second kappa shape index (κ2) is 16.4. The zero-order valence-electron chi connectivity index (χ0n) is 43.2. The van der Waals surface area contributed by atoms with Crippen LogP contribution in [0.3, 0.4) is 0 Å². The predicted octanol–water partition coefficient (Wildman–Crippen LogP) is 20.3. The van der Waals surface area contributed by atoms with Gasteiger partial charge in [-0.15, -0.1) is 0 Å². The Bertz CT molecular complexity index is 4710. The highest BCUT2D eigenvalue weighted by Crippen LogP contribution is 2.54. The van der Waals surface area contributed by atoms with Gasteiger partial charge in [0.1, 0.15) is 11.0 Å². The molecule has 6 heteroatoms. The molecule has 16 aromatic rings. The van der Waals surface area contributed by atoms with E-state index >= 15 is 0 Å². The quantitative estimate of drug-likeness (QED) is 0.141. The average Bonchev–Trinajstić information content (AvgIpc) is 4.36. The maximum absolute atomic E-state index is 6.26. The summed E-state index contributed by atoms with van der Waals surface area (Å²) in [5, 5.41) is 15.0. The standard InChI is InChI=1S/C73H46N4O2/c1-73(2)59-41-53(76(51-29-21-49(22-30-51)71-74-61-13-3-5-15-65(61)78-71)63-39-27-47-19-17-43-9-7-11-45-25-35-57(63)69(47)67(43)45)33-37-55(59)56-38-34-54(42-60(56)73)77(52-31-23-50(24-32-52)72-75-62-14-4-6-16-66(62)79-72)64-40-28-48-20-18-44-10-8-12-46-26-36-58(64)70(48)68(44)46/h3-42H,1-2H3. The Kier molecular flexibility index (Phi) is 9.09. The van der Waals surface area contributed by atoms with Crippen molar-refractivity contribution in [1.29, 1.82) is 0 Å². The first-order valence-corrected chi connectivity index (χ1v) is 27.0. The fourth-order valence-corrected chi connectivity index (χ4v) is 13.2. The van der Waals surface area contributed by atoms with E-state index in [1.54, 1.807) is 0 Å². The van der Waals surface area contributed by atoms with Gasteiger partial charge in [0.25, 0.3) is 0 Å². The molecule has 0 spiro atoms. The van der Waals surface area contributed by atoms with E-state index in [-0.39, 0.29) is 5.41 Å².